The van der Waals surface area contributed by atoms with Crippen molar-refractivity contribution in [3.63, 3.8) is 0 Å². The van der Waals surface area contributed by atoms with E-state index in [9.17, 15) is 0 Å². The fraction of sp³-hybridized carbons (Fsp3) is 0.562. The second kappa shape index (κ2) is 3.57. The van der Waals surface area contributed by atoms with Crippen LogP contribution in [-0.2, 0) is 0 Å². The summed E-state index contributed by atoms with van der Waals surface area (Å²) < 4.78 is 0.527. The maximum absolute atomic E-state index is 4.74. The van der Waals surface area contributed by atoms with Crippen molar-refractivity contribution in [2.45, 2.75) is 35.8 Å². The molecule has 2 saturated carbocycles. The summed E-state index contributed by atoms with van der Waals surface area (Å²) in [6, 6.07) is 8.78. The third kappa shape index (κ3) is 1.48. The minimum absolute atomic E-state index is 0.474. The zero-order valence-corrected chi connectivity index (χ0v) is 11.8. The standard InChI is InChI=1S/C16H18N2S/c1-2-4-14-11(3-1)9-17-18-10-16(12-5-6-12,13-7-8-13)19-15(14)18/h1-4,9,12-13,15H,5-8,10H2/t15-/m1/s1. The molecule has 1 atom stereocenters. The summed E-state index contributed by atoms with van der Waals surface area (Å²) in [5.41, 5.74) is 2.80. The maximum atomic E-state index is 4.74. The van der Waals surface area contributed by atoms with Gasteiger partial charge in [0.1, 0.15) is 5.37 Å². The normalized spacial score (nSPS) is 31.2. The van der Waals surface area contributed by atoms with Gasteiger partial charge < -0.3 is 0 Å². The molecule has 0 N–H and O–H groups in total. The highest BCUT2D eigenvalue weighted by molar-refractivity contribution is 8.01. The van der Waals surface area contributed by atoms with Crippen molar-refractivity contribution in [1.29, 1.82) is 0 Å². The highest BCUT2D eigenvalue weighted by Gasteiger charge is 2.60. The lowest BCUT2D eigenvalue weighted by Crippen LogP contribution is -2.35. The van der Waals surface area contributed by atoms with E-state index in [0.29, 0.717) is 10.1 Å². The fourth-order valence-electron chi connectivity index (χ4n) is 3.89. The monoisotopic (exact) mass is 270 g/mol. The van der Waals surface area contributed by atoms with E-state index in [1.165, 1.54) is 43.4 Å². The largest absolute Gasteiger partial charge is 0.278 e. The van der Waals surface area contributed by atoms with E-state index in [0.717, 1.165) is 11.8 Å². The first-order valence-corrected chi connectivity index (χ1v) is 8.32. The number of thioether (sulfide) groups is 1. The molecule has 2 aliphatic carbocycles. The smallest absolute Gasteiger partial charge is 0.119 e. The Balaban J connectivity index is 1.56. The Morgan fingerprint density at radius 2 is 1.84 bits per heavy atom. The third-order valence-corrected chi connectivity index (χ3v) is 7.11. The van der Waals surface area contributed by atoms with Crippen LogP contribution in [0.2, 0.25) is 0 Å². The van der Waals surface area contributed by atoms with Crippen LogP contribution in [0.5, 0.6) is 0 Å². The molecule has 98 valence electrons. The van der Waals surface area contributed by atoms with E-state index in [4.69, 9.17) is 5.10 Å². The molecule has 1 saturated heterocycles. The summed E-state index contributed by atoms with van der Waals surface area (Å²) in [6.07, 6.45) is 7.87. The van der Waals surface area contributed by atoms with Crippen LogP contribution in [0.3, 0.4) is 0 Å². The summed E-state index contributed by atoms with van der Waals surface area (Å²) in [4.78, 5) is 0. The van der Waals surface area contributed by atoms with Crippen LogP contribution in [-0.4, -0.2) is 22.5 Å². The number of benzene rings is 1. The number of hydrogen-bond acceptors (Lipinski definition) is 3. The average molecular weight is 270 g/mol. The van der Waals surface area contributed by atoms with Crippen molar-refractivity contribution in [2.24, 2.45) is 16.9 Å². The quantitative estimate of drug-likeness (QED) is 0.815. The first kappa shape index (κ1) is 10.8. The molecule has 0 amide bonds. The molecule has 19 heavy (non-hydrogen) atoms. The molecule has 3 fully saturated rings. The molecule has 4 aliphatic rings. The fourth-order valence-corrected chi connectivity index (χ4v) is 5.96. The van der Waals surface area contributed by atoms with Crippen molar-refractivity contribution < 1.29 is 0 Å². The lowest BCUT2D eigenvalue weighted by atomic mass is 9.96. The Labute approximate surface area is 118 Å². The SMILES string of the molecule is C1=NN2CC(C3CC3)(C3CC3)S[C@@H]2c2ccccc21. The summed E-state index contributed by atoms with van der Waals surface area (Å²) in [5.74, 6) is 1.94. The summed E-state index contributed by atoms with van der Waals surface area (Å²) in [7, 11) is 0. The maximum Gasteiger partial charge on any atom is 0.119 e. The number of hydrogen-bond donors (Lipinski definition) is 0. The summed E-state index contributed by atoms with van der Waals surface area (Å²) in [5, 5.41) is 7.58. The number of rotatable bonds is 2. The van der Waals surface area contributed by atoms with Gasteiger partial charge in [0, 0.05) is 10.3 Å². The molecule has 0 unspecified atom stereocenters. The van der Waals surface area contributed by atoms with E-state index in [-0.39, 0.29) is 0 Å². The Hall–Kier alpha value is -0.960. The molecule has 1 aromatic carbocycles. The summed E-state index contributed by atoms with van der Waals surface area (Å²) >= 11 is 2.24. The van der Waals surface area contributed by atoms with Crippen molar-refractivity contribution >= 4 is 18.0 Å². The van der Waals surface area contributed by atoms with E-state index < -0.39 is 0 Å². The van der Waals surface area contributed by atoms with Gasteiger partial charge in [-0.3, -0.25) is 5.01 Å². The van der Waals surface area contributed by atoms with Crippen molar-refractivity contribution in [2.75, 3.05) is 6.54 Å². The van der Waals surface area contributed by atoms with Crippen molar-refractivity contribution in [3.05, 3.63) is 35.4 Å². The van der Waals surface area contributed by atoms with Crippen LogP contribution in [0.4, 0.5) is 0 Å². The topological polar surface area (TPSA) is 15.6 Å². The van der Waals surface area contributed by atoms with Gasteiger partial charge in [0.05, 0.1) is 12.8 Å². The molecule has 0 radical (unpaired) electrons. The Morgan fingerprint density at radius 1 is 1.11 bits per heavy atom. The minimum Gasteiger partial charge on any atom is -0.278 e. The van der Waals surface area contributed by atoms with Gasteiger partial charge in [0.15, 0.2) is 0 Å². The molecule has 1 aromatic rings. The first-order valence-electron chi connectivity index (χ1n) is 7.44. The molecular formula is C16H18N2S. The first-order chi connectivity index (χ1) is 9.37. The van der Waals surface area contributed by atoms with E-state index in [1.54, 1.807) is 0 Å². The van der Waals surface area contributed by atoms with Gasteiger partial charge in [-0.1, -0.05) is 24.3 Å². The second-order valence-corrected chi connectivity index (χ2v) is 7.89. The van der Waals surface area contributed by atoms with E-state index in [1.807, 2.05) is 0 Å². The molecule has 2 nitrogen and oxygen atoms in total. The second-order valence-electron chi connectivity index (χ2n) is 6.44. The summed E-state index contributed by atoms with van der Waals surface area (Å²) in [6.45, 7) is 1.18. The van der Waals surface area contributed by atoms with Gasteiger partial charge in [-0.15, -0.1) is 11.8 Å². The number of hydrazone groups is 1. The third-order valence-electron chi connectivity index (χ3n) is 5.15. The molecule has 0 aromatic heterocycles. The van der Waals surface area contributed by atoms with Gasteiger partial charge in [-0.25, -0.2) is 0 Å². The molecule has 0 spiro atoms. The molecule has 2 aliphatic heterocycles. The lowest BCUT2D eigenvalue weighted by Gasteiger charge is -2.27. The van der Waals surface area contributed by atoms with Gasteiger partial charge in [0.2, 0.25) is 0 Å². The molecular weight excluding hydrogens is 252 g/mol. The van der Waals surface area contributed by atoms with E-state index in [2.05, 4.69) is 47.3 Å². The number of nitrogens with zero attached hydrogens (tertiary/aromatic N) is 2. The Kier molecular flexibility index (Phi) is 2.03. The van der Waals surface area contributed by atoms with Crippen LogP contribution in [0.25, 0.3) is 0 Å². The Morgan fingerprint density at radius 3 is 2.58 bits per heavy atom. The van der Waals surface area contributed by atoms with Crippen LogP contribution in [0.1, 0.15) is 42.2 Å². The number of fused-ring (bicyclic) bond motifs is 3. The average Bonchev–Trinajstić information content (AvgIpc) is 3.33. The zero-order chi connectivity index (χ0) is 12.4. The highest BCUT2D eigenvalue weighted by atomic mass is 32.2. The van der Waals surface area contributed by atoms with Crippen LogP contribution >= 0.6 is 11.8 Å². The van der Waals surface area contributed by atoms with Gasteiger partial charge in [-0.05, 0) is 43.1 Å². The van der Waals surface area contributed by atoms with Gasteiger partial charge in [0.25, 0.3) is 0 Å². The van der Waals surface area contributed by atoms with Crippen molar-refractivity contribution in [1.82, 2.24) is 5.01 Å². The Bertz CT molecular complexity index is 548. The highest BCUT2D eigenvalue weighted by Crippen LogP contribution is 2.66. The molecule has 3 heteroatoms. The predicted molar refractivity (Wildman–Crippen MR) is 79.3 cm³/mol. The predicted octanol–water partition coefficient (Wildman–Crippen LogP) is 3.64. The molecule has 2 heterocycles. The van der Waals surface area contributed by atoms with Crippen molar-refractivity contribution in [3.8, 4) is 0 Å². The van der Waals surface area contributed by atoms with Gasteiger partial charge >= 0.3 is 0 Å². The lowest BCUT2D eigenvalue weighted by molar-refractivity contribution is 0.248. The molecule has 5 rings (SSSR count). The van der Waals surface area contributed by atoms with Crippen LogP contribution < -0.4 is 0 Å². The van der Waals surface area contributed by atoms with E-state index >= 15 is 0 Å². The minimum atomic E-state index is 0.474. The molecule has 0 bridgehead atoms. The van der Waals surface area contributed by atoms with Crippen LogP contribution in [0, 0.1) is 11.8 Å². The zero-order valence-electron chi connectivity index (χ0n) is 11.0. The van der Waals surface area contributed by atoms with Crippen LogP contribution in [0.15, 0.2) is 29.4 Å². The van der Waals surface area contributed by atoms with Gasteiger partial charge in [-0.2, -0.15) is 5.10 Å².